The van der Waals surface area contributed by atoms with Crippen LogP contribution in [0.15, 0.2) is 6.07 Å². The highest BCUT2D eigenvalue weighted by atomic mass is 127. The number of ether oxygens (including phenoxy) is 3. The second kappa shape index (κ2) is 4.50. The minimum Gasteiger partial charge on any atom is -0.491 e. The summed E-state index contributed by atoms with van der Waals surface area (Å²) in [5.74, 6) is 1.57. The van der Waals surface area contributed by atoms with Crippen LogP contribution >= 0.6 is 22.6 Å². The van der Waals surface area contributed by atoms with E-state index in [1.165, 1.54) is 7.11 Å². The van der Waals surface area contributed by atoms with Gasteiger partial charge in [0.15, 0.2) is 5.75 Å². The second-order valence-electron chi connectivity index (χ2n) is 2.19. The molecular formula is C8H10INO3. The van der Waals surface area contributed by atoms with Gasteiger partial charge in [-0.15, -0.1) is 0 Å². The van der Waals surface area contributed by atoms with Crippen molar-refractivity contribution in [1.82, 2.24) is 4.98 Å². The quantitative estimate of drug-likeness (QED) is 0.796. The molecule has 1 aromatic heterocycles. The zero-order chi connectivity index (χ0) is 9.84. The number of hydrogen-bond donors (Lipinski definition) is 0. The molecule has 0 unspecified atom stereocenters. The minimum absolute atomic E-state index is 0.430. The molecule has 0 aliphatic rings. The van der Waals surface area contributed by atoms with Crippen LogP contribution < -0.4 is 14.2 Å². The molecule has 0 atom stereocenters. The SMILES string of the molecule is COc1cc(I)c(OC)nc1OC. The molecule has 0 spiro atoms. The van der Waals surface area contributed by atoms with Crippen LogP contribution in [0.3, 0.4) is 0 Å². The molecule has 72 valence electrons. The van der Waals surface area contributed by atoms with E-state index in [4.69, 9.17) is 14.2 Å². The van der Waals surface area contributed by atoms with E-state index in [1.54, 1.807) is 14.2 Å². The van der Waals surface area contributed by atoms with Gasteiger partial charge in [0, 0.05) is 6.07 Å². The number of aromatic nitrogens is 1. The third kappa shape index (κ3) is 2.15. The van der Waals surface area contributed by atoms with Crippen LogP contribution in [0.4, 0.5) is 0 Å². The summed E-state index contributed by atoms with van der Waals surface area (Å²) in [6, 6.07) is 1.81. The van der Waals surface area contributed by atoms with E-state index in [2.05, 4.69) is 27.6 Å². The molecule has 0 saturated carbocycles. The lowest BCUT2D eigenvalue weighted by Gasteiger charge is -2.09. The minimum atomic E-state index is 0.430. The number of rotatable bonds is 3. The fourth-order valence-corrected chi connectivity index (χ4v) is 1.50. The highest BCUT2D eigenvalue weighted by molar-refractivity contribution is 14.1. The number of nitrogens with zero attached hydrogens (tertiary/aromatic N) is 1. The Kier molecular flexibility index (Phi) is 3.58. The number of halogens is 1. The highest BCUT2D eigenvalue weighted by Crippen LogP contribution is 2.31. The molecule has 0 aromatic carbocycles. The Morgan fingerprint density at radius 2 is 1.69 bits per heavy atom. The van der Waals surface area contributed by atoms with Crippen LogP contribution in [0.5, 0.6) is 17.5 Å². The van der Waals surface area contributed by atoms with Crippen molar-refractivity contribution in [2.45, 2.75) is 0 Å². The molecule has 0 amide bonds. The van der Waals surface area contributed by atoms with Crippen molar-refractivity contribution in [2.24, 2.45) is 0 Å². The average molecular weight is 295 g/mol. The molecule has 1 rings (SSSR count). The van der Waals surface area contributed by atoms with E-state index in [0.717, 1.165) is 3.57 Å². The van der Waals surface area contributed by atoms with Gasteiger partial charge >= 0.3 is 0 Å². The largest absolute Gasteiger partial charge is 0.491 e. The Labute approximate surface area is 90.3 Å². The Balaban J connectivity index is 3.18. The summed E-state index contributed by atoms with van der Waals surface area (Å²) in [4.78, 5) is 4.10. The van der Waals surface area contributed by atoms with Gasteiger partial charge in [0.1, 0.15) is 0 Å². The van der Waals surface area contributed by atoms with Gasteiger partial charge in [0.2, 0.25) is 5.88 Å². The lowest BCUT2D eigenvalue weighted by atomic mass is 10.4. The van der Waals surface area contributed by atoms with Crippen LogP contribution in [0.2, 0.25) is 0 Å². The standard InChI is InChI=1S/C8H10INO3/c1-11-6-4-5(9)7(12-2)10-8(6)13-3/h4H,1-3H3. The number of hydrogen-bond acceptors (Lipinski definition) is 4. The first kappa shape index (κ1) is 10.4. The monoisotopic (exact) mass is 295 g/mol. The van der Waals surface area contributed by atoms with E-state index in [1.807, 2.05) is 6.07 Å². The summed E-state index contributed by atoms with van der Waals surface area (Å²) in [7, 11) is 4.68. The lowest BCUT2D eigenvalue weighted by Crippen LogP contribution is -1.98. The fourth-order valence-electron chi connectivity index (χ4n) is 0.875. The molecule has 0 saturated heterocycles. The molecule has 0 aliphatic heterocycles. The Morgan fingerprint density at radius 3 is 2.15 bits per heavy atom. The van der Waals surface area contributed by atoms with Gasteiger partial charge in [-0.2, -0.15) is 4.98 Å². The highest BCUT2D eigenvalue weighted by Gasteiger charge is 2.10. The molecule has 0 fully saturated rings. The van der Waals surface area contributed by atoms with Gasteiger partial charge in [0.25, 0.3) is 5.88 Å². The van der Waals surface area contributed by atoms with E-state index in [9.17, 15) is 0 Å². The zero-order valence-electron chi connectivity index (χ0n) is 7.63. The first-order chi connectivity index (χ1) is 6.22. The van der Waals surface area contributed by atoms with Crippen molar-refractivity contribution in [3.63, 3.8) is 0 Å². The molecule has 0 radical (unpaired) electrons. The summed E-state index contributed by atoms with van der Waals surface area (Å²) in [6.45, 7) is 0. The van der Waals surface area contributed by atoms with Gasteiger partial charge < -0.3 is 14.2 Å². The summed E-state index contributed by atoms with van der Waals surface area (Å²) < 4.78 is 16.0. The summed E-state index contributed by atoms with van der Waals surface area (Å²) in [6.07, 6.45) is 0. The molecule has 4 nitrogen and oxygen atoms in total. The number of methoxy groups -OCH3 is 3. The van der Waals surface area contributed by atoms with Crippen molar-refractivity contribution >= 4 is 22.6 Å². The molecule has 0 aliphatic carbocycles. The normalized spacial score (nSPS) is 9.54. The second-order valence-corrected chi connectivity index (χ2v) is 3.35. The molecule has 1 aromatic rings. The topological polar surface area (TPSA) is 40.6 Å². The summed E-state index contributed by atoms with van der Waals surface area (Å²) >= 11 is 2.12. The lowest BCUT2D eigenvalue weighted by molar-refractivity contribution is 0.327. The van der Waals surface area contributed by atoms with Gasteiger partial charge in [-0.3, -0.25) is 0 Å². The van der Waals surface area contributed by atoms with Crippen LogP contribution in [-0.4, -0.2) is 26.3 Å². The van der Waals surface area contributed by atoms with E-state index in [-0.39, 0.29) is 0 Å². The van der Waals surface area contributed by atoms with Gasteiger partial charge in [-0.05, 0) is 22.6 Å². The predicted octanol–water partition coefficient (Wildman–Crippen LogP) is 1.71. The third-order valence-corrected chi connectivity index (χ3v) is 2.26. The Bertz CT molecular complexity index is 304. The van der Waals surface area contributed by atoms with Crippen LogP contribution in [0, 0.1) is 3.57 Å². The van der Waals surface area contributed by atoms with E-state index >= 15 is 0 Å². The van der Waals surface area contributed by atoms with Crippen LogP contribution in [0.1, 0.15) is 0 Å². The first-order valence-electron chi connectivity index (χ1n) is 3.55. The zero-order valence-corrected chi connectivity index (χ0v) is 9.78. The predicted molar refractivity (Wildman–Crippen MR) is 56.6 cm³/mol. The van der Waals surface area contributed by atoms with Crippen molar-refractivity contribution in [1.29, 1.82) is 0 Å². The molecule has 1 heterocycles. The van der Waals surface area contributed by atoms with Crippen molar-refractivity contribution in [3.05, 3.63) is 9.64 Å². The van der Waals surface area contributed by atoms with E-state index < -0.39 is 0 Å². The summed E-state index contributed by atoms with van der Waals surface area (Å²) in [5, 5.41) is 0. The molecular weight excluding hydrogens is 285 g/mol. The number of pyridine rings is 1. The third-order valence-electron chi connectivity index (χ3n) is 1.48. The molecule has 0 bridgehead atoms. The maximum Gasteiger partial charge on any atom is 0.260 e. The Morgan fingerprint density at radius 1 is 1.08 bits per heavy atom. The van der Waals surface area contributed by atoms with Crippen LogP contribution in [0.25, 0.3) is 0 Å². The van der Waals surface area contributed by atoms with E-state index in [0.29, 0.717) is 17.5 Å². The molecule has 0 N–H and O–H groups in total. The first-order valence-corrected chi connectivity index (χ1v) is 4.63. The summed E-state index contributed by atoms with van der Waals surface area (Å²) in [5.41, 5.74) is 0. The fraction of sp³-hybridized carbons (Fsp3) is 0.375. The maximum absolute atomic E-state index is 5.07. The van der Waals surface area contributed by atoms with Gasteiger partial charge in [-0.25, -0.2) is 0 Å². The average Bonchev–Trinajstić information content (AvgIpc) is 2.17. The van der Waals surface area contributed by atoms with Crippen molar-refractivity contribution in [3.8, 4) is 17.5 Å². The van der Waals surface area contributed by atoms with Crippen molar-refractivity contribution < 1.29 is 14.2 Å². The van der Waals surface area contributed by atoms with Gasteiger partial charge in [-0.1, -0.05) is 0 Å². The Hall–Kier alpha value is -0.720. The molecule has 5 heteroatoms. The van der Waals surface area contributed by atoms with Crippen molar-refractivity contribution in [2.75, 3.05) is 21.3 Å². The van der Waals surface area contributed by atoms with Gasteiger partial charge in [0.05, 0.1) is 24.9 Å². The van der Waals surface area contributed by atoms with Crippen LogP contribution in [-0.2, 0) is 0 Å². The maximum atomic E-state index is 5.07. The smallest absolute Gasteiger partial charge is 0.260 e. The molecule has 13 heavy (non-hydrogen) atoms.